The van der Waals surface area contributed by atoms with E-state index in [1.807, 2.05) is 33.8 Å². The Kier molecular flexibility index (Phi) is 5.83. The van der Waals surface area contributed by atoms with Crippen molar-refractivity contribution in [2.24, 2.45) is 0 Å². The summed E-state index contributed by atoms with van der Waals surface area (Å²) in [5.41, 5.74) is 1.18. The largest absolute Gasteiger partial charge is 0.298 e. The lowest BCUT2D eigenvalue weighted by Gasteiger charge is -2.29. The monoisotopic (exact) mass is 417 g/mol. The second-order valence-corrected chi connectivity index (χ2v) is 9.86. The van der Waals surface area contributed by atoms with Crippen LogP contribution in [0.3, 0.4) is 0 Å². The number of nitrogens with zero attached hydrogens (tertiary/aromatic N) is 2. The van der Waals surface area contributed by atoms with E-state index in [1.165, 1.54) is 15.6 Å². The first kappa shape index (κ1) is 20.4. The number of carbonyl (C=O) groups excluding carboxylic acids is 1. The molecule has 3 rings (SSSR count). The Labute approximate surface area is 169 Å². The van der Waals surface area contributed by atoms with Gasteiger partial charge in [0.15, 0.2) is 5.13 Å². The molecule has 1 N–H and O–H groups in total. The maximum absolute atomic E-state index is 13.1. The molecule has 0 atom stereocenters. The van der Waals surface area contributed by atoms with E-state index < -0.39 is 10.0 Å². The molecule has 1 aromatic heterocycles. The van der Waals surface area contributed by atoms with E-state index in [2.05, 4.69) is 10.3 Å². The number of anilines is 1. The average Bonchev–Trinajstić information content (AvgIpc) is 3.02. The van der Waals surface area contributed by atoms with Gasteiger partial charge in [0.1, 0.15) is 0 Å². The third-order valence-corrected chi connectivity index (χ3v) is 7.39. The Morgan fingerprint density at radius 2 is 1.68 bits per heavy atom. The highest BCUT2D eigenvalue weighted by atomic mass is 32.2. The molecular formula is C20H23N3O3S2. The van der Waals surface area contributed by atoms with Crippen LogP contribution in [0.4, 0.5) is 5.13 Å². The molecule has 2 aromatic carbocycles. The summed E-state index contributed by atoms with van der Waals surface area (Å²) in [6.45, 7) is 7.44. The molecule has 3 aromatic rings. The van der Waals surface area contributed by atoms with Gasteiger partial charge >= 0.3 is 0 Å². The average molecular weight is 418 g/mol. The standard InChI is InChI=1S/C20H23N3O3S2/c1-13(2)23(14(3)4)28(25,26)16-10-11-17-18(12-16)27-20(21-17)22-19(24)15-8-6-5-7-9-15/h5-14H,1-4H3,(H,21,22,24). The lowest BCUT2D eigenvalue weighted by atomic mass is 10.2. The van der Waals surface area contributed by atoms with Gasteiger partial charge < -0.3 is 0 Å². The zero-order valence-electron chi connectivity index (χ0n) is 16.2. The van der Waals surface area contributed by atoms with Crippen LogP contribution < -0.4 is 5.32 Å². The topological polar surface area (TPSA) is 79.4 Å². The molecule has 28 heavy (non-hydrogen) atoms. The first-order chi connectivity index (χ1) is 13.2. The Balaban J connectivity index is 1.92. The fourth-order valence-electron chi connectivity index (χ4n) is 3.15. The van der Waals surface area contributed by atoms with Crippen molar-refractivity contribution in [1.29, 1.82) is 0 Å². The molecule has 0 radical (unpaired) electrons. The Morgan fingerprint density at radius 1 is 1.04 bits per heavy atom. The minimum atomic E-state index is -3.62. The molecule has 0 spiro atoms. The second-order valence-electron chi connectivity index (χ2n) is 6.99. The molecule has 0 aliphatic heterocycles. The smallest absolute Gasteiger partial charge is 0.257 e. The maximum Gasteiger partial charge on any atom is 0.257 e. The zero-order valence-corrected chi connectivity index (χ0v) is 17.8. The maximum atomic E-state index is 13.1. The van der Waals surface area contributed by atoms with Crippen LogP contribution in [-0.2, 0) is 10.0 Å². The van der Waals surface area contributed by atoms with Crippen molar-refractivity contribution >= 4 is 42.6 Å². The van der Waals surface area contributed by atoms with E-state index in [4.69, 9.17) is 0 Å². The van der Waals surface area contributed by atoms with Gasteiger partial charge in [-0.25, -0.2) is 13.4 Å². The zero-order chi connectivity index (χ0) is 20.5. The van der Waals surface area contributed by atoms with Gasteiger partial charge in [-0.1, -0.05) is 29.5 Å². The predicted octanol–water partition coefficient (Wildman–Crippen LogP) is 4.36. The Morgan fingerprint density at radius 3 is 2.29 bits per heavy atom. The molecule has 8 heteroatoms. The second kappa shape index (κ2) is 7.98. The number of benzene rings is 2. The van der Waals surface area contributed by atoms with Gasteiger partial charge in [0, 0.05) is 17.6 Å². The van der Waals surface area contributed by atoms with Crippen molar-refractivity contribution in [2.75, 3.05) is 5.32 Å². The van der Waals surface area contributed by atoms with E-state index in [1.54, 1.807) is 42.5 Å². The molecule has 0 aliphatic rings. The van der Waals surface area contributed by atoms with Gasteiger partial charge in [0.2, 0.25) is 10.0 Å². The van der Waals surface area contributed by atoms with Crippen LogP contribution in [0.2, 0.25) is 0 Å². The van der Waals surface area contributed by atoms with Crippen molar-refractivity contribution in [1.82, 2.24) is 9.29 Å². The number of hydrogen-bond acceptors (Lipinski definition) is 5. The van der Waals surface area contributed by atoms with Gasteiger partial charge in [0.25, 0.3) is 5.91 Å². The fraction of sp³-hybridized carbons (Fsp3) is 0.300. The molecule has 1 heterocycles. The first-order valence-corrected chi connectivity index (χ1v) is 11.3. The number of thiazole rings is 1. The number of fused-ring (bicyclic) bond motifs is 1. The fourth-order valence-corrected chi connectivity index (χ4v) is 5.99. The summed E-state index contributed by atoms with van der Waals surface area (Å²) in [7, 11) is -3.62. The van der Waals surface area contributed by atoms with E-state index in [9.17, 15) is 13.2 Å². The Hall–Kier alpha value is -2.29. The molecule has 0 unspecified atom stereocenters. The summed E-state index contributed by atoms with van der Waals surface area (Å²) in [5, 5.41) is 3.21. The molecule has 0 aliphatic carbocycles. The molecule has 0 bridgehead atoms. The van der Waals surface area contributed by atoms with Crippen LogP contribution in [-0.4, -0.2) is 35.7 Å². The molecule has 0 saturated carbocycles. The Bertz CT molecular complexity index is 1080. The summed E-state index contributed by atoms with van der Waals surface area (Å²) in [5.74, 6) is -0.252. The van der Waals surface area contributed by atoms with Crippen molar-refractivity contribution < 1.29 is 13.2 Å². The summed E-state index contributed by atoms with van der Waals surface area (Å²) in [6, 6.07) is 13.4. The quantitative estimate of drug-likeness (QED) is 0.646. The van der Waals surface area contributed by atoms with Crippen LogP contribution in [0.25, 0.3) is 10.2 Å². The van der Waals surface area contributed by atoms with E-state index in [0.717, 1.165) is 0 Å². The SMILES string of the molecule is CC(C)N(C(C)C)S(=O)(=O)c1ccc2nc(NC(=O)c3ccccc3)sc2c1. The minimum Gasteiger partial charge on any atom is -0.298 e. The highest BCUT2D eigenvalue weighted by Gasteiger charge is 2.29. The predicted molar refractivity (Wildman–Crippen MR) is 113 cm³/mol. The summed E-state index contributed by atoms with van der Waals surface area (Å²) in [4.78, 5) is 16.9. The molecule has 1 amide bonds. The molecule has 148 valence electrons. The lowest BCUT2D eigenvalue weighted by molar-refractivity contribution is 0.102. The van der Waals surface area contributed by atoms with Gasteiger partial charge in [-0.3, -0.25) is 10.1 Å². The molecular weight excluding hydrogens is 394 g/mol. The molecule has 6 nitrogen and oxygen atoms in total. The van der Waals surface area contributed by atoms with Gasteiger partial charge in [-0.05, 0) is 58.0 Å². The van der Waals surface area contributed by atoms with Gasteiger partial charge in [0.05, 0.1) is 15.1 Å². The van der Waals surface area contributed by atoms with Gasteiger partial charge in [-0.15, -0.1) is 0 Å². The van der Waals surface area contributed by atoms with Crippen LogP contribution in [0.1, 0.15) is 38.1 Å². The number of aromatic nitrogens is 1. The lowest BCUT2D eigenvalue weighted by Crippen LogP contribution is -2.41. The summed E-state index contributed by atoms with van der Waals surface area (Å²) in [6.07, 6.45) is 0. The van der Waals surface area contributed by atoms with Crippen LogP contribution >= 0.6 is 11.3 Å². The third-order valence-electron chi connectivity index (χ3n) is 4.21. The summed E-state index contributed by atoms with van der Waals surface area (Å²) >= 11 is 1.25. The summed E-state index contributed by atoms with van der Waals surface area (Å²) < 4.78 is 28.3. The highest BCUT2D eigenvalue weighted by molar-refractivity contribution is 7.89. The number of carbonyl (C=O) groups is 1. The number of nitrogens with one attached hydrogen (secondary N) is 1. The number of hydrogen-bond donors (Lipinski definition) is 1. The van der Waals surface area contributed by atoms with E-state index >= 15 is 0 Å². The van der Waals surface area contributed by atoms with Gasteiger partial charge in [-0.2, -0.15) is 4.31 Å². The van der Waals surface area contributed by atoms with Crippen molar-refractivity contribution in [2.45, 2.75) is 44.7 Å². The number of rotatable bonds is 6. The van der Waals surface area contributed by atoms with E-state index in [-0.39, 0.29) is 22.9 Å². The van der Waals surface area contributed by atoms with Crippen molar-refractivity contribution in [3.8, 4) is 0 Å². The van der Waals surface area contributed by atoms with Crippen molar-refractivity contribution in [3.63, 3.8) is 0 Å². The van der Waals surface area contributed by atoms with Crippen LogP contribution in [0, 0.1) is 0 Å². The van der Waals surface area contributed by atoms with E-state index in [0.29, 0.717) is 20.9 Å². The number of amides is 1. The van der Waals surface area contributed by atoms with Crippen LogP contribution in [0.15, 0.2) is 53.4 Å². The first-order valence-electron chi connectivity index (χ1n) is 9.00. The molecule has 0 fully saturated rings. The molecule has 0 saturated heterocycles. The third kappa shape index (κ3) is 4.09. The van der Waals surface area contributed by atoms with Crippen molar-refractivity contribution in [3.05, 3.63) is 54.1 Å². The highest BCUT2D eigenvalue weighted by Crippen LogP contribution is 2.30. The van der Waals surface area contributed by atoms with Crippen LogP contribution in [0.5, 0.6) is 0 Å². The normalized spacial score (nSPS) is 12.2. The number of sulfonamides is 1. The minimum absolute atomic E-state index is 0.150.